The van der Waals surface area contributed by atoms with E-state index in [-0.39, 0.29) is 41.6 Å². The predicted molar refractivity (Wildman–Crippen MR) is 127 cm³/mol. The number of benzene rings is 3. The van der Waals surface area contributed by atoms with Gasteiger partial charge in [-0.1, -0.05) is 35.9 Å². The van der Waals surface area contributed by atoms with Gasteiger partial charge in [-0.3, -0.25) is 24.1 Å². The fourth-order valence-electron chi connectivity index (χ4n) is 3.91. The molecule has 0 fully saturated rings. The van der Waals surface area contributed by atoms with E-state index in [0.717, 1.165) is 5.39 Å². The van der Waals surface area contributed by atoms with Crippen LogP contribution in [0.3, 0.4) is 0 Å². The van der Waals surface area contributed by atoms with Crippen LogP contribution in [0.25, 0.3) is 10.8 Å². The van der Waals surface area contributed by atoms with Gasteiger partial charge in [0.05, 0.1) is 10.6 Å². The molecule has 1 N–H and O–H groups in total. The van der Waals surface area contributed by atoms with Crippen molar-refractivity contribution in [1.29, 1.82) is 0 Å². The number of anilines is 1. The highest BCUT2D eigenvalue weighted by atomic mass is 35.5. The second kappa shape index (κ2) is 9.03. The van der Waals surface area contributed by atoms with Crippen LogP contribution in [0.1, 0.15) is 43.9 Å². The lowest BCUT2D eigenvalue weighted by atomic mass is 9.94. The van der Waals surface area contributed by atoms with Gasteiger partial charge < -0.3 is 10.2 Å². The standard InChI is InChI=1S/C25H22ClN3O4/c1-28(2)23(31)17-12-11-16(14-20(17)26)27-21(30)10-5-13-29-24(32)18-8-3-6-15-7-4-9-19(22(15)18)25(29)33/h3-4,6-9,11-12,14H,5,10,13H2,1-2H3,(H,27,30). The summed E-state index contributed by atoms with van der Waals surface area (Å²) in [5.74, 6) is -1.21. The van der Waals surface area contributed by atoms with Crippen LogP contribution < -0.4 is 5.32 Å². The minimum Gasteiger partial charge on any atom is -0.345 e. The van der Waals surface area contributed by atoms with E-state index in [1.165, 1.54) is 15.9 Å². The van der Waals surface area contributed by atoms with Crippen molar-refractivity contribution in [2.45, 2.75) is 12.8 Å². The monoisotopic (exact) mass is 463 g/mol. The first-order valence-electron chi connectivity index (χ1n) is 10.5. The van der Waals surface area contributed by atoms with E-state index in [2.05, 4.69) is 5.32 Å². The highest BCUT2D eigenvalue weighted by molar-refractivity contribution is 6.34. The van der Waals surface area contributed by atoms with Crippen LogP contribution in [0.4, 0.5) is 5.69 Å². The molecular weight excluding hydrogens is 442 g/mol. The molecule has 4 rings (SSSR count). The lowest BCUT2D eigenvalue weighted by Gasteiger charge is -2.27. The minimum absolute atomic E-state index is 0.110. The largest absolute Gasteiger partial charge is 0.345 e. The van der Waals surface area contributed by atoms with Gasteiger partial charge in [-0.25, -0.2) is 0 Å². The topological polar surface area (TPSA) is 86.8 Å². The lowest BCUT2D eigenvalue weighted by Crippen LogP contribution is -2.41. The summed E-state index contributed by atoms with van der Waals surface area (Å²) in [5.41, 5.74) is 1.80. The van der Waals surface area contributed by atoms with Crippen molar-refractivity contribution in [3.8, 4) is 0 Å². The van der Waals surface area contributed by atoms with Crippen LogP contribution in [0, 0.1) is 0 Å². The minimum atomic E-state index is -0.349. The number of carbonyl (C=O) groups is 4. The molecule has 0 spiro atoms. The zero-order chi connectivity index (χ0) is 23.7. The first-order valence-corrected chi connectivity index (χ1v) is 10.8. The number of imide groups is 1. The highest BCUT2D eigenvalue weighted by Gasteiger charge is 2.32. The molecule has 0 bridgehead atoms. The molecule has 33 heavy (non-hydrogen) atoms. The first-order chi connectivity index (χ1) is 15.8. The number of amides is 4. The third-order valence-electron chi connectivity index (χ3n) is 5.53. The highest BCUT2D eigenvalue weighted by Crippen LogP contribution is 2.30. The number of halogens is 1. The Morgan fingerprint density at radius 2 is 1.61 bits per heavy atom. The molecule has 0 aliphatic carbocycles. The lowest BCUT2D eigenvalue weighted by molar-refractivity contribution is -0.116. The van der Waals surface area contributed by atoms with Gasteiger partial charge in [0.25, 0.3) is 17.7 Å². The van der Waals surface area contributed by atoms with E-state index >= 15 is 0 Å². The summed E-state index contributed by atoms with van der Waals surface area (Å²) in [4.78, 5) is 52.9. The third kappa shape index (κ3) is 4.32. The molecule has 3 aromatic carbocycles. The SMILES string of the molecule is CN(C)C(=O)c1ccc(NC(=O)CCCN2C(=O)c3cccc4cccc(c34)C2=O)cc1Cl. The third-order valence-corrected chi connectivity index (χ3v) is 5.84. The molecule has 0 saturated carbocycles. The van der Waals surface area contributed by atoms with Gasteiger partial charge >= 0.3 is 0 Å². The second-order valence-corrected chi connectivity index (χ2v) is 8.42. The molecule has 3 aromatic rings. The fourth-order valence-corrected chi connectivity index (χ4v) is 4.17. The van der Waals surface area contributed by atoms with Crippen molar-refractivity contribution in [2.75, 3.05) is 26.0 Å². The number of nitrogens with one attached hydrogen (secondary N) is 1. The Morgan fingerprint density at radius 3 is 2.18 bits per heavy atom. The molecule has 168 valence electrons. The Bertz CT molecular complexity index is 1250. The smallest absolute Gasteiger partial charge is 0.261 e. The fraction of sp³-hybridized carbons (Fsp3) is 0.200. The average Bonchev–Trinajstić information content (AvgIpc) is 2.79. The van der Waals surface area contributed by atoms with Crippen LogP contribution in [0.5, 0.6) is 0 Å². The van der Waals surface area contributed by atoms with Gasteiger partial charge in [-0.05, 0) is 42.1 Å². The summed E-state index contributed by atoms with van der Waals surface area (Å²) >= 11 is 6.18. The van der Waals surface area contributed by atoms with E-state index in [9.17, 15) is 19.2 Å². The van der Waals surface area contributed by atoms with Gasteiger partial charge in [0.2, 0.25) is 5.91 Å². The first kappa shape index (κ1) is 22.5. The Balaban J connectivity index is 1.38. The molecule has 4 amide bonds. The second-order valence-electron chi connectivity index (χ2n) is 8.02. The number of hydrogen-bond donors (Lipinski definition) is 1. The maximum atomic E-state index is 12.9. The van der Waals surface area contributed by atoms with E-state index in [4.69, 9.17) is 11.6 Å². The summed E-state index contributed by atoms with van der Waals surface area (Å²) in [7, 11) is 3.26. The molecule has 1 heterocycles. The zero-order valence-corrected chi connectivity index (χ0v) is 19.0. The van der Waals surface area contributed by atoms with Gasteiger partial charge in [-0.15, -0.1) is 0 Å². The molecule has 0 saturated heterocycles. The molecule has 0 atom stereocenters. The Labute approximate surface area is 195 Å². The van der Waals surface area contributed by atoms with E-state index in [1.54, 1.807) is 50.5 Å². The summed E-state index contributed by atoms with van der Waals surface area (Å²) < 4.78 is 0. The number of hydrogen-bond acceptors (Lipinski definition) is 4. The molecular formula is C25H22ClN3O4. The van der Waals surface area contributed by atoms with Gasteiger partial charge in [0.1, 0.15) is 0 Å². The van der Waals surface area contributed by atoms with Crippen molar-refractivity contribution in [3.05, 3.63) is 76.3 Å². The predicted octanol–water partition coefficient (Wildman–Crippen LogP) is 4.21. The summed E-state index contributed by atoms with van der Waals surface area (Å²) in [6, 6.07) is 15.5. The van der Waals surface area contributed by atoms with Crippen molar-refractivity contribution in [3.63, 3.8) is 0 Å². The Kier molecular flexibility index (Phi) is 6.16. The van der Waals surface area contributed by atoms with E-state index < -0.39 is 0 Å². The molecule has 0 unspecified atom stereocenters. The summed E-state index contributed by atoms with van der Waals surface area (Å²) in [6.45, 7) is 0.132. The van der Waals surface area contributed by atoms with E-state index in [1.807, 2.05) is 12.1 Å². The van der Waals surface area contributed by atoms with Crippen molar-refractivity contribution >= 4 is 51.7 Å². The quantitative estimate of drug-likeness (QED) is 0.555. The van der Waals surface area contributed by atoms with Crippen LogP contribution in [0.15, 0.2) is 54.6 Å². The van der Waals surface area contributed by atoms with Gasteiger partial charge in [-0.2, -0.15) is 0 Å². The van der Waals surface area contributed by atoms with Crippen molar-refractivity contribution < 1.29 is 19.2 Å². The molecule has 1 aliphatic heterocycles. The summed E-state index contributed by atoms with van der Waals surface area (Å²) in [6.07, 6.45) is 0.422. The molecule has 0 radical (unpaired) electrons. The Hall–Kier alpha value is -3.71. The molecule has 8 heteroatoms. The average molecular weight is 464 g/mol. The Morgan fingerprint density at radius 1 is 0.970 bits per heavy atom. The van der Waals surface area contributed by atoms with Crippen LogP contribution in [-0.4, -0.2) is 54.1 Å². The zero-order valence-electron chi connectivity index (χ0n) is 18.2. The maximum absolute atomic E-state index is 12.9. The summed E-state index contributed by atoms with van der Waals surface area (Å²) in [5, 5.41) is 4.50. The number of rotatable bonds is 6. The van der Waals surface area contributed by atoms with Crippen LogP contribution >= 0.6 is 11.6 Å². The number of carbonyl (C=O) groups excluding carboxylic acids is 4. The van der Waals surface area contributed by atoms with Crippen LogP contribution in [-0.2, 0) is 4.79 Å². The normalized spacial score (nSPS) is 12.8. The van der Waals surface area contributed by atoms with Crippen LogP contribution in [0.2, 0.25) is 5.02 Å². The molecule has 7 nitrogen and oxygen atoms in total. The van der Waals surface area contributed by atoms with Gasteiger partial charge in [0.15, 0.2) is 0 Å². The molecule has 0 aromatic heterocycles. The maximum Gasteiger partial charge on any atom is 0.261 e. The van der Waals surface area contributed by atoms with E-state index in [0.29, 0.717) is 34.2 Å². The molecule has 1 aliphatic rings. The van der Waals surface area contributed by atoms with Crippen molar-refractivity contribution in [1.82, 2.24) is 9.80 Å². The van der Waals surface area contributed by atoms with Crippen molar-refractivity contribution in [2.24, 2.45) is 0 Å². The number of nitrogens with zero attached hydrogens (tertiary/aromatic N) is 2. The van der Waals surface area contributed by atoms with Gasteiger partial charge in [0, 0.05) is 49.3 Å².